The molecule has 0 unspecified atom stereocenters. The van der Waals surface area contributed by atoms with Crippen LogP contribution in [0.5, 0.6) is 0 Å². The molecular formula is C14H12BrCl2N. The Hall–Kier alpha value is -0.540. The lowest BCUT2D eigenvalue weighted by Gasteiger charge is -2.07. The van der Waals surface area contributed by atoms with E-state index in [9.17, 15) is 0 Å². The first-order chi connectivity index (χ1) is 8.65. The number of nitrogens with one attached hydrogen (secondary N) is 1. The highest BCUT2D eigenvalue weighted by Crippen LogP contribution is 2.20. The Labute approximate surface area is 125 Å². The number of benzene rings is 2. The van der Waals surface area contributed by atoms with Gasteiger partial charge in [0.05, 0.1) is 0 Å². The lowest BCUT2D eigenvalue weighted by molar-refractivity contribution is 0.693. The van der Waals surface area contributed by atoms with Crippen molar-refractivity contribution in [2.24, 2.45) is 0 Å². The molecule has 0 radical (unpaired) electrons. The van der Waals surface area contributed by atoms with Crippen molar-refractivity contribution >= 4 is 39.1 Å². The quantitative estimate of drug-likeness (QED) is 0.818. The van der Waals surface area contributed by atoms with Crippen LogP contribution in [0, 0.1) is 0 Å². The van der Waals surface area contributed by atoms with Gasteiger partial charge < -0.3 is 5.32 Å². The maximum absolute atomic E-state index is 6.12. The molecule has 0 amide bonds. The van der Waals surface area contributed by atoms with Gasteiger partial charge >= 0.3 is 0 Å². The third-order valence-corrected chi connectivity index (χ3v) is 3.68. The molecule has 0 aromatic heterocycles. The van der Waals surface area contributed by atoms with Crippen molar-refractivity contribution in [1.82, 2.24) is 5.32 Å². The number of halogens is 3. The second-order valence-electron chi connectivity index (χ2n) is 3.97. The Kier molecular flexibility index (Phi) is 5.07. The summed E-state index contributed by atoms with van der Waals surface area (Å²) < 4.78 is 1.04. The number of hydrogen-bond acceptors (Lipinski definition) is 1. The van der Waals surface area contributed by atoms with Crippen molar-refractivity contribution in [2.45, 2.75) is 13.1 Å². The molecule has 0 atom stereocenters. The Bertz CT molecular complexity index is 526. The molecule has 1 N–H and O–H groups in total. The summed E-state index contributed by atoms with van der Waals surface area (Å²) in [6.07, 6.45) is 0. The van der Waals surface area contributed by atoms with Gasteiger partial charge in [0.1, 0.15) is 0 Å². The lowest BCUT2D eigenvalue weighted by atomic mass is 10.2. The highest BCUT2D eigenvalue weighted by Gasteiger charge is 2.01. The van der Waals surface area contributed by atoms with E-state index in [1.807, 2.05) is 42.5 Å². The molecule has 4 heteroatoms. The zero-order valence-electron chi connectivity index (χ0n) is 9.59. The van der Waals surface area contributed by atoms with Gasteiger partial charge in [-0.15, -0.1) is 0 Å². The van der Waals surface area contributed by atoms with E-state index in [4.69, 9.17) is 23.2 Å². The fourth-order valence-electron chi connectivity index (χ4n) is 1.62. The van der Waals surface area contributed by atoms with Gasteiger partial charge in [-0.05, 0) is 41.5 Å². The molecule has 18 heavy (non-hydrogen) atoms. The van der Waals surface area contributed by atoms with Crippen LogP contribution in [0.1, 0.15) is 11.1 Å². The van der Waals surface area contributed by atoms with Gasteiger partial charge in [0.2, 0.25) is 0 Å². The molecule has 0 aliphatic rings. The van der Waals surface area contributed by atoms with Crippen LogP contribution >= 0.6 is 39.1 Å². The van der Waals surface area contributed by atoms with Crippen LogP contribution in [0.3, 0.4) is 0 Å². The van der Waals surface area contributed by atoms with Crippen molar-refractivity contribution in [3.05, 3.63) is 68.1 Å². The zero-order chi connectivity index (χ0) is 13.0. The van der Waals surface area contributed by atoms with Crippen molar-refractivity contribution in [1.29, 1.82) is 0 Å². The van der Waals surface area contributed by atoms with Gasteiger partial charge in [0.25, 0.3) is 0 Å². The maximum Gasteiger partial charge on any atom is 0.0451 e. The molecule has 0 aliphatic heterocycles. The van der Waals surface area contributed by atoms with Gasteiger partial charge in [0.15, 0.2) is 0 Å². The summed E-state index contributed by atoms with van der Waals surface area (Å²) in [6.45, 7) is 1.53. The predicted molar refractivity (Wildman–Crippen MR) is 81.1 cm³/mol. The van der Waals surface area contributed by atoms with Crippen LogP contribution < -0.4 is 5.32 Å². The standard InChI is InChI=1S/C14H12BrCl2N/c15-12-3-6-14(17)11(7-12)9-18-8-10-1-4-13(16)5-2-10/h1-7,18H,8-9H2. The van der Waals surface area contributed by atoms with Crippen molar-refractivity contribution in [3.63, 3.8) is 0 Å². The zero-order valence-corrected chi connectivity index (χ0v) is 12.7. The predicted octanol–water partition coefficient (Wildman–Crippen LogP) is 5.05. The molecule has 0 saturated heterocycles. The molecule has 2 aromatic rings. The van der Waals surface area contributed by atoms with E-state index in [1.165, 1.54) is 5.56 Å². The average Bonchev–Trinajstić information content (AvgIpc) is 2.36. The van der Waals surface area contributed by atoms with Gasteiger partial charge in [-0.2, -0.15) is 0 Å². The fraction of sp³-hybridized carbons (Fsp3) is 0.143. The van der Waals surface area contributed by atoms with E-state index >= 15 is 0 Å². The third-order valence-electron chi connectivity index (χ3n) is 2.57. The van der Waals surface area contributed by atoms with E-state index in [-0.39, 0.29) is 0 Å². The summed E-state index contributed by atoms with van der Waals surface area (Å²) in [5.41, 5.74) is 2.28. The summed E-state index contributed by atoms with van der Waals surface area (Å²) in [6, 6.07) is 13.7. The van der Waals surface area contributed by atoms with Gasteiger partial charge in [0, 0.05) is 27.6 Å². The second-order valence-corrected chi connectivity index (χ2v) is 5.73. The highest BCUT2D eigenvalue weighted by atomic mass is 79.9. The minimum atomic E-state index is 0.737. The van der Waals surface area contributed by atoms with Gasteiger partial charge in [-0.1, -0.05) is 51.3 Å². The number of hydrogen-bond donors (Lipinski definition) is 1. The van der Waals surface area contributed by atoms with E-state index < -0.39 is 0 Å². The molecular weight excluding hydrogens is 333 g/mol. The Morgan fingerprint density at radius 3 is 2.39 bits per heavy atom. The first kappa shape index (κ1) is 13.9. The largest absolute Gasteiger partial charge is 0.309 e. The highest BCUT2D eigenvalue weighted by molar-refractivity contribution is 9.10. The molecule has 94 valence electrons. The molecule has 2 aromatic carbocycles. The summed E-state index contributed by atoms with van der Waals surface area (Å²) in [5, 5.41) is 4.89. The minimum absolute atomic E-state index is 0.737. The molecule has 0 bridgehead atoms. The summed E-state index contributed by atoms with van der Waals surface area (Å²) >= 11 is 15.4. The van der Waals surface area contributed by atoms with Gasteiger partial charge in [-0.3, -0.25) is 0 Å². The lowest BCUT2D eigenvalue weighted by Crippen LogP contribution is -2.12. The topological polar surface area (TPSA) is 12.0 Å². The molecule has 0 heterocycles. The van der Waals surface area contributed by atoms with Crippen molar-refractivity contribution in [2.75, 3.05) is 0 Å². The van der Waals surface area contributed by atoms with Crippen LogP contribution in [-0.4, -0.2) is 0 Å². The monoisotopic (exact) mass is 343 g/mol. The Balaban J connectivity index is 1.92. The normalized spacial score (nSPS) is 10.6. The van der Waals surface area contributed by atoms with E-state index in [2.05, 4.69) is 21.2 Å². The number of rotatable bonds is 4. The minimum Gasteiger partial charge on any atom is -0.309 e. The molecule has 0 spiro atoms. The Morgan fingerprint density at radius 2 is 1.67 bits per heavy atom. The molecule has 0 saturated carbocycles. The van der Waals surface area contributed by atoms with Crippen LogP contribution in [0.2, 0.25) is 10.0 Å². The summed E-state index contributed by atoms with van der Waals surface area (Å²) in [7, 11) is 0. The molecule has 0 fully saturated rings. The van der Waals surface area contributed by atoms with E-state index in [0.29, 0.717) is 0 Å². The summed E-state index contributed by atoms with van der Waals surface area (Å²) in [5.74, 6) is 0. The van der Waals surface area contributed by atoms with Crippen molar-refractivity contribution in [3.8, 4) is 0 Å². The van der Waals surface area contributed by atoms with Crippen LogP contribution in [0.15, 0.2) is 46.9 Å². The van der Waals surface area contributed by atoms with Crippen LogP contribution in [0.4, 0.5) is 0 Å². The van der Waals surface area contributed by atoms with Gasteiger partial charge in [-0.25, -0.2) is 0 Å². The maximum atomic E-state index is 6.12. The first-order valence-electron chi connectivity index (χ1n) is 5.54. The third kappa shape index (κ3) is 3.99. The van der Waals surface area contributed by atoms with Crippen molar-refractivity contribution < 1.29 is 0 Å². The average molecular weight is 345 g/mol. The molecule has 1 nitrogen and oxygen atoms in total. The fourth-order valence-corrected chi connectivity index (χ4v) is 2.34. The first-order valence-corrected chi connectivity index (χ1v) is 7.09. The Morgan fingerprint density at radius 1 is 0.944 bits per heavy atom. The van der Waals surface area contributed by atoms with E-state index in [0.717, 1.165) is 33.2 Å². The van der Waals surface area contributed by atoms with Crippen LogP contribution in [-0.2, 0) is 13.1 Å². The second kappa shape index (κ2) is 6.58. The van der Waals surface area contributed by atoms with Crippen LogP contribution in [0.25, 0.3) is 0 Å². The summed E-state index contributed by atoms with van der Waals surface area (Å²) in [4.78, 5) is 0. The molecule has 0 aliphatic carbocycles. The molecule has 2 rings (SSSR count). The SMILES string of the molecule is Clc1ccc(CNCc2cc(Br)ccc2Cl)cc1. The van der Waals surface area contributed by atoms with E-state index in [1.54, 1.807) is 0 Å². The smallest absolute Gasteiger partial charge is 0.0451 e.